The van der Waals surface area contributed by atoms with Crippen LogP contribution in [0.25, 0.3) is 0 Å². The normalized spacial score (nSPS) is 21.2. The molecule has 2 N–H and O–H groups in total. The summed E-state index contributed by atoms with van der Waals surface area (Å²) in [6.45, 7) is 5.17. The van der Waals surface area contributed by atoms with Crippen molar-refractivity contribution in [2.75, 3.05) is 32.7 Å². The second-order valence-electron chi connectivity index (χ2n) is 7.52. The number of nitrogens with zero attached hydrogens (tertiary/aromatic N) is 2. The Morgan fingerprint density at radius 3 is 2.48 bits per heavy atom. The summed E-state index contributed by atoms with van der Waals surface area (Å²) in [7, 11) is 0. The molecule has 1 aliphatic carbocycles. The number of alkyl halides is 2. The van der Waals surface area contributed by atoms with Gasteiger partial charge < -0.3 is 10.6 Å². The molecule has 0 aromatic heterocycles. The lowest BCUT2D eigenvalue weighted by Gasteiger charge is -2.32. The highest BCUT2D eigenvalue weighted by Gasteiger charge is 2.22. The number of halogens is 2. The molecule has 0 amide bonds. The van der Waals surface area contributed by atoms with E-state index in [1.807, 2.05) is 4.90 Å². The van der Waals surface area contributed by atoms with Crippen LogP contribution in [-0.2, 0) is 0 Å². The molecule has 0 bridgehead atoms. The Bertz CT molecular complexity index is 376. The number of hydrogen-bond acceptors (Lipinski definition) is 2. The van der Waals surface area contributed by atoms with E-state index >= 15 is 0 Å². The van der Waals surface area contributed by atoms with Crippen LogP contribution < -0.4 is 10.6 Å². The SMILES string of the molecule is CCNC(=NCCCCC1CCCC1)NC1CCN(CC(F)F)CC1. The van der Waals surface area contributed by atoms with Gasteiger partial charge in [-0.25, -0.2) is 8.78 Å². The zero-order valence-electron chi connectivity index (χ0n) is 15.8. The maximum Gasteiger partial charge on any atom is 0.251 e. The lowest BCUT2D eigenvalue weighted by Crippen LogP contribution is -2.49. The highest BCUT2D eigenvalue weighted by Crippen LogP contribution is 2.28. The van der Waals surface area contributed by atoms with Crippen LogP contribution in [0.3, 0.4) is 0 Å². The Morgan fingerprint density at radius 2 is 1.84 bits per heavy atom. The molecule has 6 heteroatoms. The van der Waals surface area contributed by atoms with E-state index in [4.69, 9.17) is 4.99 Å². The topological polar surface area (TPSA) is 39.7 Å². The molecule has 1 heterocycles. The number of likely N-dealkylation sites (tertiary alicyclic amines) is 1. The number of piperidine rings is 1. The number of aliphatic imine (C=N–C) groups is 1. The molecule has 4 nitrogen and oxygen atoms in total. The molecule has 0 radical (unpaired) electrons. The Labute approximate surface area is 151 Å². The van der Waals surface area contributed by atoms with Gasteiger partial charge in [-0.2, -0.15) is 0 Å². The third-order valence-corrected chi connectivity index (χ3v) is 5.43. The van der Waals surface area contributed by atoms with Crippen molar-refractivity contribution in [3.63, 3.8) is 0 Å². The van der Waals surface area contributed by atoms with Gasteiger partial charge in [0.05, 0.1) is 6.54 Å². The van der Waals surface area contributed by atoms with Crippen LogP contribution in [0.5, 0.6) is 0 Å². The van der Waals surface area contributed by atoms with Crippen LogP contribution in [0, 0.1) is 5.92 Å². The summed E-state index contributed by atoms with van der Waals surface area (Å²) in [5.41, 5.74) is 0. The van der Waals surface area contributed by atoms with Gasteiger partial charge in [0.15, 0.2) is 5.96 Å². The number of guanidine groups is 1. The lowest BCUT2D eigenvalue weighted by molar-refractivity contribution is 0.0744. The van der Waals surface area contributed by atoms with Crippen LogP contribution >= 0.6 is 0 Å². The Balaban J connectivity index is 1.63. The van der Waals surface area contributed by atoms with Crippen molar-refractivity contribution in [3.05, 3.63) is 0 Å². The molecule has 0 aromatic carbocycles. The minimum Gasteiger partial charge on any atom is -0.357 e. The molecule has 146 valence electrons. The van der Waals surface area contributed by atoms with Gasteiger partial charge in [0.25, 0.3) is 6.43 Å². The predicted octanol–water partition coefficient (Wildman–Crippen LogP) is 3.63. The molecule has 0 aromatic rings. The summed E-state index contributed by atoms with van der Waals surface area (Å²) in [6.07, 6.45) is 9.07. The third kappa shape index (κ3) is 8.34. The summed E-state index contributed by atoms with van der Waals surface area (Å²) >= 11 is 0. The summed E-state index contributed by atoms with van der Waals surface area (Å²) < 4.78 is 24.9. The second kappa shape index (κ2) is 11.7. The Kier molecular flexibility index (Phi) is 9.51. The molecule has 0 spiro atoms. The van der Waals surface area contributed by atoms with Crippen molar-refractivity contribution in [1.29, 1.82) is 0 Å². The van der Waals surface area contributed by atoms with E-state index in [-0.39, 0.29) is 6.54 Å². The van der Waals surface area contributed by atoms with E-state index in [1.165, 1.54) is 38.5 Å². The average molecular weight is 359 g/mol. The van der Waals surface area contributed by atoms with Gasteiger partial charge in [0.2, 0.25) is 0 Å². The largest absolute Gasteiger partial charge is 0.357 e. The Hall–Kier alpha value is -0.910. The molecule has 2 fully saturated rings. The molecular weight excluding hydrogens is 322 g/mol. The summed E-state index contributed by atoms with van der Waals surface area (Å²) in [5, 5.41) is 6.80. The molecule has 25 heavy (non-hydrogen) atoms. The maximum atomic E-state index is 12.4. The second-order valence-corrected chi connectivity index (χ2v) is 7.52. The fraction of sp³-hybridized carbons (Fsp3) is 0.947. The molecular formula is C19H36F2N4. The van der Waals surface area contributed by atoms with Crippen molar-refractivity contribution in [2.45, 2.75) is 77.2 Å². The maximum absolute atomic E-state index is 12.4. The molecule has 1 saturated carbocycles. The minimum absolute atomic E-state index is 0.0954. The number of hydrogen-bond donors (Lipinski definition) is 2. The van der Waals surface area contributed by atoms with Crippen LogP contribution in [0.1, 0.15) is 64.7 Å². The van der Waals surface area contributed by atoms with Crippen molar-refractivity contribution in [1.82, 2.24) is 15.5 Å². The zero-order valence-corrected chi connectivity index (χ0v) is 15.8. The first kappa shape index (κ1) is 20.4. The Morgan fingerprint density at radius 1 is 1.12 bits per heavy atom. The summed E-state index contributed by atoms with van der Waals surface area (Å²) in [6, 6.07) is 0.338. The van der Waals surface area contributed by atoms with Gasteiger partial charge in [-0.1, -0.05) is 38.5 Å². The third-order valence-electron chi connectivity index (χ3n) is 5.43. The summed E-state index contributed by atoms with van der Waals surface area (Å²) in [4.78, 5) is 6.56. The van der Waals surface area contributed by atoms with Gasteiger partial charge in [-0.3, -0.25) is 9.89 Å². The van der Waals surface area contributed by atoms with E-state index in [2.05, 4.69) is 17.6 Å². The number of rotatable bonds is 9. The highest BCUT2D eigenvalue weighted by molar-refractivity contribution is 5.80. The average Bonchev–Trinajstić information content (AvgIpc) is 3.09. The first-order valence-corrected chi connectivity index (χ1v) is 10.2. The predicted molar refractivity (Wildman–Crippen MR) is 100 cm³/mol. The number of nitrogens with one attached hydrogen (secondary N) is 2. The van der Waals surface area contributed by atoms with Gasteiger partial charge in [0, 0.05) is 32.2 Å². The lowest BCUT2D eigenvalue weighted by atomic mass is 10.0. The van der Waals surface area contributed by atoms with Crippen LogP contribution in [-0.4, -0.2) is 56.1 Å². The first-order chi connectivity index (χ1) is 12.2. The van der Waals surface area contributed by atoms with Gasteiger partial charge in [-0.15, -0.1) is 0 Å². The van der Waals surface area contributed by atoms with Crippen molar-refractivity contribution >= 4 is 5.96 Å². The smallest absolute Gasteiger partial charge is 0.251 e. The molecule has 2 rings (SSSR count). The highest BCUT2D eigenvalue weighted by atomic mass is 19.3. The fourth-order valence-electron chi connectivity index (χ4n) is 4.00. The van der Waals surface area contributed by atoms with Gasteiger partial charge >= 0.3 is 0 Å². The number of unbranched alkanes of at least 4 members (excludes halogenated alkanes) is 1. The van der Waals surface area contributed by atoms with E-state index in [1.54, 1.807) is 0 Å². The molecule has 1 saturated heterocycles. The van der Waals surface area contributed by atoms with Gasteiger partial charge in [-0.05, 0) is 32.1 Å². The minimum atomic E-state index is -2.23. The van der Waals surface area contributed by atoms with Gasteiger partial charge in [0.1, 0.15) is 0 Å². The fourth-order valence-corrected chi connectivity index (χ4v) is 4.00. The zero-order chi connectivity index (χ0) is 17.9. The molecule has 0 atom stereocenters. The van der Waals surface area contributed by atoms with E-state index in [0.717, 1.165) is 57.3 Å². The van der Waals surface area contributed by atoms with Crippen LogP contribution in [0.4, 0.5) is 8.78 Å². The quantitative estimate of drug-likeness (QED) is 0.376. The van der Waals surface area contributed by atoms with Crippen LogP contribution in [0.15, 0.2) is 4.99 Å². The molecule has 2 aliphatic rings. The standard InChI is InChI=1S/C19H36F2N4/c1-2-22-19(23-12-6-5-9-16-7-3-4-8-16)24-17-10-13-25(14-11-17)15-18(20)21/h16-18H,2-15H2,1H3,(H2,22,23,24). The summed E-state index contributed by atoms with van der Waals surface area (Å²) in [5.74, 6) is 1.85. The van der Waals surface area contributed by atoms with Crippen molar-refractivity contribution in [3.8, 4) is 0 Å². The first-order valence-electron chi connectivity index (χ1n) is 10.2. The molecule has 0 unspecified atom stereocenters. The van der Waals surface area contributed by atoms with Crippen molar-refractivity contribution in [2.24, 2.45) is 10.9 Å². The van der Waals surface area contributed by atoms with E-state index in [9.17, 15) is 8.78 Å². The van der Waals surface area contributed by atoms with E-state index < -0.39 is 6.43 Å². The van der Waals surface area contributed by atoms with Crippen LogP contribution in [0.2, 0.25) is 0 Å². The monoisotopic (exact) mass is 358 g/mol. The van der Waals surface area contributed by atoms with E-state index in [0.29, 0.717) is 6.04 Å². The van der Waals surface area contributed by atoms with Crippen molar-refractivity contribution < 1.29 is 8.78 Å². The molecule has 1 aliphatic heterocycles.